The van der Waals surface area contributed by atoms with Crippen molar-refractivity contribution in [1.29, 1.82) is 0 Å². The van der Waals surface area contributed by atoms with Gasteiger partial charge in [-0.1, -0.05) is 30.7 Å². The molecule has 0 saturated heterocycles. The van der Waals surface area contributed by atoms with Crippen LogP contribution in [0.5, 0.6) is 0 Å². The SMILES string of the molecule is COC(=O)c1c(NC(=O)CSc2nnc(-c3ccccn3)n2C)sc2c1CCCCCC2. The smallest absolute Gasteiger partial charge is 0.341 e. The van der Waals surface area contributed by atoms with E-state index in [2.05, 4.69) is 20.5 Å². The molecule has 4 rings (SSSR count). The highest BCUT2D eigenvalue weighted by Gasteiger charge is 2.26. The third-order valence-corrected chi connectivity index (χ3v) is 7.60. The minimum atomic E-state index is -0.390. The number of rotatable bonds is 6. The summed E-state index contributed by atoms with van der Waals surface area (Å²) in [4.78, 5) is 30.7. The molecule has 0 aliphatic heterocycles. The number of esters is 1. The summed E-state index contributed by atoms with van der Waals surface area (Å²) < 4.78 is 6.84. The molecule has 0 radical (unpaired) electrons. The number of fused-ring (bicyclic) bond motifs is 1. The molecule has 8 nitrogen and oxygen atoms in total. The lowest BCUT2D eigenvalue weighted by Crippen LogP contribution is -2.16. The Kier molecular flexibility index (Phi) is 7.21. The normalized spacial score (nSPS) is 13.7. The molecule has 0 saturated carbocycles. The molecule has 32 heavy (non-hydrogen) atoms. The average molecular weight is 472 g/mol. The van der Waals surface area contributed by atoms with Gasteiger partial charge in [0, 0.05) is 18.1 Å². The summed E-state index contributed by atoms with van der Waals surface area (Å²) in [7, 11) is 3.23. The summed E-state index contributed by atoms with van der Waals surface area (Å²) >= 11 is 2.79. The fraction of sp³-hybridized carbons (Fsp3) is 0.409. The molecule has 10 heteroatoms. The first-order valence-electron chi connectivity index (χ1n) is 10.5. The minimum Gasteiger partial charge on any atom is -0.465 e. The number of ether oxygens (including phenoxy) is 1. The van der Waals surface area contributed by atoms with Crippen LogP contribution in [0.3, 0.4) is 0 Å². The van der Waals surface area contributed by atoms with Crippen molar-refractivity contribution in [2.45, 2.75) is 43.7 Å². The van der Waals surface area contributed by atoms with E-state index in [-0.39, 0.29) is 17.6 Å². The van der Waals surface area contributed by atoms with Crippen LogP contribution >= 0.6 is 23.1 Å². The average Bonchev–Trinajstić information content (AvgIpc) is 3.32. The topological polar surface area (TPSA) is 99.0 Å². The van der Waals surface area contributed by atoms with Crippen molar-refractivity contribution in [3.63, 3.8) is 0 Å². The van der Waals surface area contributed by atoms with E-state index in [0.29, 0.717) is 21.5 Å². The lowest BCUT2D eigenvalue weighted by Gasteiger charge is -2.11. The number of aromatic nitrogens is 4. The second kappa shape index (κ2) is 10.3. The Labute approximate surface area is 194 Å². The van der Waals surface area contributed by atoms with Gasteiger partial charge in [-0.3, -0.25) is 9.78 Å². The molecular formula is C22H25N5O3S2. The quantitative estimate of drug-likeness (QED) is 0.426. The number of thiophene rings is 1. The minimum absolute atomic E-state index is 0.150. The third kappa shape index (κ3) is 4.86. The van der Waals surface area contributed by atoms with Gasteiger partial charge in [0.25, 0.3) is 0 Å². The number of amides is 1. The maximum absolute atomic E-state index is 12.7. The van der Waals surface area contributed by atoms with Crippen LogP contribution in [-0.2, 0) is 29.4 Å². The van der Waals surface area contributed by atoms with Crippen molar-refractivity contribution < 1.29 is 14.3 Å². The zero-order valence-electron chi connectivity index (χ0n) is 18.1. The number of carbonyl (C=O) groups excluding carboxylic acids is 2. The van der Waals surface area contributed by atoms with Gasteiger partial charge >= 0.3 is 5.97 Å². The van der Waals surface area contributed by atoms with Crippen LogP contribution in [0.4, 0.5) is 5.00 Å². The molecule has 3 heterocycles. The van der Waals surface area contributed by atoms with Crippen molar-refractivity contribution in [3.05, 3.63) is 40.4 Å². The van der Waals surface area contributed by atoms with Crippen LogP contribution < -0.4 is 5.32 Å². The van der Waals surface area contributed by atoms with Gasteiger partial charge in [-0.25, -0.2) is 4.79 Å². The molecule has 1 aliphatic carbocycles. The molecule has 3 aromatic rings. The molecule has 0 unspecified atom stereocenters. The van der Waals surface area contributed by atoms with Crippen LogP contribution in [0.15, 0.2) is 29.6 Å². The van der Waals surface area contributed by atoms with Crippen LogP contribution in [-0.4, -0.2) is 44.5 Å². The number of methoxy groups -OCH3 is 1. The largest absolute Gasteiger partial charge is 0.465 e. The van der Waals surface area contributed by atoms with E-state index < -0.39 is 0 Å². The Morgan fingerprint density at radius 2 is 2.00 bits per heavy atom. The van der Waals surface area contributed by atoms with Crippen molar-refractivity contribution in [3.8, 4) is 11.5 Å². The first kappa shape index (κ1) is 22.5. The summed E-state index contributed by atoms with van der Waals surface area (Å²) in [6.45, 7) is 0. The molecule has 3 aromatic heterocycles. The van der Waals surface area contributed by atoms with Crippen LogP contribution in [0.1, 0.15) is 46.5 Å². The first-order valence-corrected chi connectivity index (χ1v) is 12.3. The molecule has 0 atom stereocenters. The first-order chi connectivity index (χ1) is 15.6. The molecular weight excluding hydrogens is 446 g/mol. The standard InChI is InChI=1S/C22H25N5O3S2/c1-27-19(15-10-7-8-12-23-15)25-26-22(27)31-13-17(28)24-20-18(21(29)30-2)14-9-5-3-4-6-11-16(14)32-20/h7-8,10,12H,3-6,9,11,13H2,1-2H3,(H,24,28). The molecule has 0 bridgehead atoms. The Hall–Kier alpha value is -2.72. The highest BCUT2D eigenvalue weighted by Crippen LogP contribution is 2.37. The van der Waals surface area contributed by atoms with E-state index in [0.717, 1.165) is 43.4 Å². The Morgan fingerprint density at radius 1 is 1.19 bits per heavy atom. The van der Waals surface area contributed by atoms with Crippen LogP contribution in [0.2, 0.25) is 0 Å². The number of nitrogens with zero attached hydrogens (tertiary/aromatic N) is 4. The fourth-order valence-electron chi connectivity index (χ4n) is 3.78. The second-order valence-electron chi connectivity index (χ2n) is 7.53. The number of pyridine rings is 1. The van der Waals surface area contributed by atoms with E-state index >= 15 is 0 Å². The van der Waals surface area contributed by atoms with Gasteiger partial charge in [-0.15, -0.1) is 21.5 Å². The van der Waals surface area contributed by atoms with Crippen molar-refractivity contribution in [1.82, 2.24) is 19.7 Å². The third-order valence-electron chi connectivity index (χ3n) is 5.38. The summed E-state index contributed by atoms with van der Waals surface area (Å²) in [5, 5.41) is 12.5. The molecule has 0 aromatic carbocycles. The Bertz CT molecular complexity index is 1110. The summed E-state index contributed by atoms with van der Waals surface area (Å²) in [6, 6.07) is 5.59. The van der Waals surface area contributed by atoms with Gasteiger partial charge in [-0.2, -0.15) is 0 Å². The number of aryl methyl sites for hydroxylation is 1. The summed E-state index contributed by atoms with van der Waals surface area (Å²) in [5.41, 5.74) is 2.28. The number of hydrogen-bond donors (Lipinski definition) is 1. The summed E-state index contributed by atoms with van der Waals surface area (Å²) in [5.74, 6) is 0.202. The van der Waals surface area contributed by atoms with Crippen molar-refractivity contribution in [2.75, 3.05) is 18.2 Å². The maximum Gasteiger partial charge on any atom is 0.341 e. The van der Waals surface area contributed by atoms with E-state index in [4.69, 9.17) is 4.74 Å². The zero-order valence-corrected chi connectivity index (χ0v) is 19.7. The number of nitrogens with one attached hydrogen (secondary N) is 1. The van der Waals surface area contributed by atoms with E-state index in [1.54, 1.807) is 6.20 Å². The van der Waals surface area contributed by atoms with Crippen molar-refractivity contribution >= 4 is 40.0 Å². The number of anilines is 1. The van der Waals surface area contributed by atoms with Gasteiger partial charge in [0.2, 0.25) is 5.91 Å². The molecule has 0 spiro atoms. The lowest BCUT2D eigenvalue weighted by atomic mass is 9.96. The highest BCUT2D eigenvalue weighted by molar-refractivity contribution is 7.99. The molecule has 0 fully saturated rings. The Morgan fingerprint density at radius 3 is 2.75 bits per heavy atom. The number of thioether (sulfide) groups is 1. The van der Waals surface area contributed by atoms with Crippen molar-refractivity contribution in [2.24, 2.45) is 7.05 Å². The van der Waals surface area contributed by atoms with Crippen LogP contribution in [0, 0.1) is 0 Å². The molecule has 168 valence electrons. The van der Waals surface area contributed by atoms with Gasteiger partial charge in [0.15, 0.2) is 11.0 Å². The Balaban J connectivity index is 1.47. The summed E-state index contributed by atoms with van der Waals surface area (Å²) in [6.07, 6.45) is 7.98. The van der Waals surface area contributed by atoms with Crippen LogP contribution in [0.25, 0.3) is 11.5 Å². The lowest BCUT2D eigenvalue weighted by molar-refractivity contribution is -0.113. The number of hydrogen-bond acceptors (Lipinski definition) is 8. The maximum atomic E-state index is 12.7. The van der Waals surface area contributed by atoms with E-state index in [9.17, 15) is 9.59 Å². The predicted molar refractivity (Wildman–Crippen MR) is 125 cm³/mol. The fourth-order valence-corrected chi connectivity index (χ4v) is 5.78. The van der Waals surface area contributed by atoms with E-state index in [1.165, 1.54) is 41.5 Å². The highest BCUT2D eigenvalue weighted by atomic mass is 32.2. The van der Waals surface area contributed by atoms with Gasteiger partial charge < -0.3 is 14.6 Å². The second-order valence-corrected chi connectivity index (χ2v) is 9.58. The van der Waals surface area contributed by atoms with Gasteiger partial charge in [0.1, 0.15) is 10.7 Å². The molecule has 1 amide bonds. The van der Waals surface area contributed by atoms with E-state index in [1.807, 2.05) is 29.8 Å². The molecule has 1 aliphatic rings. The molecule has 1 N–H and O–H groups in total. The van der Waals surface area contributed by atoms with Gasteiger partial charge in [-0.05, 0) is 43.4 Å². The zero-order chi connectivity index (χ0) is 22.5. The monoisotopic (exact) mass is 471 g/mol. The predicted octanol–water partition coefficient (Wildman–Crippen LogP) is 4.12. The number of carbonyl (C=O) groups is 2. The van der Waals surface area contributed by atoms with Gasteiger partial charge in [0.05, 0.1) is 18.4 Å².